The van der Waals surface area contributed by atoms with E-state index in [9.17, 15) is 14.0 Å². The summed E-state index contributed by atoms with van der Waals surface area (Å²) in [5.74, 6) is -2.13. The number of rotatable bonds is 6. The van der Waals surface area contributed by atoms with Crippen molar-refractivity contribution < 1.29 is 19.1 Å². The quantitative estimate of drug-likeness (QED) is 0.799. The van der Waals surface area contributed by atoms with Gasteiger partial charge in [0.05, 0.1) is 5.56 Å². The molecule has 0 radical (unpaired) electrons. The summed E-state index contributed by atoms with van der Waals surface area (Å²) in [6, 6.07) is 3.76. The number of carboxylic acids is 1. The fraction of sp³-hybridized carbons (Fsp3) is 0.333. The zero-order valence-corrected chi connectivity index (χ0v) is 10.0. The highest BCUT2D eigenvalue weighted by Gasteiger charge is 2.13. The molecule has 0 aliphatic heterocycles. The number of anilines is 1. The maximum absolute atomic E-state index is 13.0. The number of hydrogen-bond acceptors (Lipinski definition) is 3. The second kappa shape index (κ2) is 6.00. The number of carbonyl (C=O) groups excluding carboxylic acids is 1. The molecule has 0 spiro atoms. The van der Waals surface area contributed by atoms with Gasteiger partial charge >= 0.3 is 5.97 Å². The number of carboxylic acid groups (broad SMARTS) is 1. The molecule has 98 valence electrons. The topological polar surface area (TPSA) is 83.6 Å². The number of hydrogen-bond donors (Lipinski definition) is 2. The molecule has 1 amide bonds. The van der Waals surface area contributed by atoms with Gasteiger partial charge in [-0.1, -0.05) is 0 Å². The first-order chi connectivity index (χ1) is 8.41. The average molecular weight is 254 g/mol. The van der Waals surface area contributed by atoms with Gasteiger partial charge in [-0.15, -0.1) is 0 Å². The van der Waals surface area contributed by atoms with Crippen molar-refractivity contribution in [2.75, 3.05) is 18.5 Å². The summed E-state index contributed by atoms with van der Waals surface area (Å²) in [6.07, 6.45) is 0.471. The summed E-state index contributed by atoms with van der Waals surface area (Å²) in [5.41, 5.74) is 5.76. The normalized spacial score (nSPS) is 10.1. The zero-order chi connectivity index (χ0) is 13.7. The van der Waals surface area contributed by atoms with Crippen LogP contribution in [0.1, 0.15) is 23.2 Å². The van der Waals surface area contributed by atoms with E-state index >= 15 is 0 Å². The van der Waals surface area contributed by atoms with E-state index in [1.54, 1.807) is 11.9 Å². The largest absolute Gasteiger partial charge is 0.481 e. The molecule has 1 rings (SSSR count). The summed E-state index contributed by atoms with van der Waals surface area (Å²) >= 11 is 0. The van der Waals surface area contributed by atoms with E-state index in [0.717, 1.165) is 6.07 Å². The Morgan fingerprint density at radius 3 is 2.67 bits per heavy atom. The molecule has 0 aromatic heterocycles. The lowest BCUT2D eigenvalue weighted by Crippen LogP contribution is -2.24. The lowest BCUT2D eigenvalue weighted by atomic mass is 10.1. The molecule has 0 unspecified atom stereocenters. The lowest BCUT2D eigenvalue weighted by molar-refractivity contribution is -0.137. The van der Waals surface area contributed by atoms with Crippen LogP contribution in [0, 0.1) is 5.82 Å². The van der Waals surface area contributed by atoms with Crippen LogP contribution in [-0.4, -0.2) is 30.6 Å². The number of nitrogens with zero attached hydrogens (tertiary/aromatic N) is 1. The Hall–Kier alpha value is -2.11. The number of nitrogens with two attached hydrogens (primary N) is 1. The molecule has 5 nitrogen and oxygen atoms in total. The third kappa shape index (κ3) is 3.73. The third-order valence-electron chi connectivity index (χ3n) is 2.52. The highest BCUT2D eigenvalue weighted by molar-refractivity contribution is 5.98. The molecule has 0 aliphatic carbocycles. The Kier molecular flexibility index (Phi) is 4.65. The molecule has 0 fully saturated rings. The summed E-state index contributed by atoms with van der Waals surface area (Å²) in [6.45, 7) is 0.443. The predicted octanol–water partition coefficient (Wildman–Crippen LogP) is 1.23. The van der Waals surface area contributed by atoms with Crippen molar-refractivity contribution in [2.45, 2.75) is 12.8 Å². The van der Waals surface area contributed by atoms with Gasteiger partial charge in [0.15, 0.2) is 0 Å². The minimum atomic E-state index is -0.877. The standard InChI is InChI=1S/C12H15FN2O3/c1-15(6-2-3-11(16)17)10-5-4-8(13)7-9(10)12(14)18/h4-5,7H,2-3,6H2,1H3,(H2,14,18)(H,16,17). The van der Waals surface area contributed by atoms with E-state index in [4.69, 9.17) is 10.8 Å². The zero-order valence-electron chi connectivity index (χ0n) is 10.0. The van der Waals surface area contributed by atoms with Crippen molar-refractivity contribution in [3.8, 4) is 0 Å². The van der Waals surface area contributed by atoms with Crippen molar-refractivity contribution in [2.24, 2.45) is 5.73 Å². The minimum absolute atomic E-state index is 0.0391. The Morgan fingerprint density at radius 2 is 2.11 bits per heavy atom. The number of carbonyl (C=O) groups is 2. The maximum atomic E-state index is 13.0. The molecule has 1 aromatic carbocycles. The second-order valence-corrected chi connectivity index (χ2v) is 3.94. The van der Waals surface area contributed by atoms with Gasteiger partial charge in [0.2, 0.25) is 0 Å². The maximum Gasteiger partial charge on any atom is 0.303 e. The van der Waals surface area contributed by atoms with Crippen LogP contribution >= 0.6 is 0 Å². The van der Waals surface area contributed by atoms with Crippen molar-refractivity contribution in [3.05, 3.63) is 29.6 Å². The van der Waals surface area contributed by atoms with Crippen molar-refractivity contribution in [1.29, 1.82) is 0 Å². The lowest BCUT2D eigenvalue weighted by Gasteiger charge is -2.21. The molecule has 0 aliphatic rings. The van der Waals surface area contributed by atoms with Crippen molar-refractivity contribution >= 4 is 17.6 Å². The van der Waals surface area contributed by atoms with Gasteiger partial charge in [-0.3, -0.25) is 9.59 Å². The highest BCUT2D eigenvalue weighted by Crippen LogP contribution is 2.20. The van der Waals surface area contributed by atoms with E-state index in [-0.39, 0.29) is 12.0 Å². The Balaban J connectivity index is 2.81. The van der Waals surface area contributed by atoms with Crippen LogP contribution in [0.2, 0.25) is 0 Å². The Morgan fingerprint density at radius 1 is 1.44 bits per heavy atom. The molecule has 18 heavy (non-hydrogen) atoms. The van der Waals surface area contributed by atoms with Gasteiger partial charge < -0.3 is 15.7 Å². The SMILES string of the molecule is CN(CCCC(=O)O)c1ccc(F)cc1C(N)=O. The van der Waals surface area contributed by atoms with Gasteiger partial charge in [-0.25, -0.2) is 4.39 Å². The third-order valence-corrected chi connectivity index (χ3v) is 2.52. The summed E-state index contributed by atoms with van der Waals surface area (Å²) in [4.78, 5) is 23.3. The van der Waals surface area contributed by atoms with Crippen LogP contribution in [0.5, 0.6) is 0 Å². The summed E-state index contributed by atoms with van der Waals surface area (Å²) in [7, 11) is 1.70. The molecular weight excluding hydrogens is 239 g/mol. The monoisotopic (exact) mass is 254 g/mol. The van der Waals surface area contributed by atoms with Gasteiger partial charge in [0.1, 0.15) is 5.82 Å². The molecule has 1 aromatic rings. The molecule has 0 heterocycles. The predicted molar refractivity (Wildman–Crippen MR) is 65.1 cm³/mol. The minimum Gasteiger partial charge on any atom is -0.481 e. The van der Waals surface area contributed by atoms with E-state index in [0.29, 0.717) is 18.7 Å². The molecule has 0 atom stereocenters. The average Bonchev–Trinajstić information content (AvgIpc) is 2.28. The summed E-state index contributed by atoms with van der Waals surface area (Å²) in [5, 5.41) is 8.53. The van der Waals surface area contributed by atoms with E-state index in [2.05, 4.69) is 0 Å². The number of aliphatic carboxylic acids is 1. The molecule has 3 N–H and O–H groups in total. The molecule has 0 saturated heterocycles. The smallest absolute Gasteiger partial charge is 0.303 e. The first-order valence-electron chi connectivity index (χ1n) is 5.44. The molecular formula is C12H15FN2O3. The Labute approximate surface area is 104 Å². The van der Waals surface area contributed by atoms with Crippen LogP contribution in [0.3, 0.4) is 0 Å². The first-order valence-corrected chi connectivity index (χ1v) is 5.44. The van der Waals surface area contributed by atoms with Crippen LogP contribution in [-0.2, 0) is 4.79 Å². The van der Waals surface area contributed by atoms with Crippen LogP contribution in [0.4, 0.5) is 10.1 Å². The van der Waals surface area contributed by atoms with Gasteiger partial charge in [0.25, 0.3) is 5.91 Å². The highest BCUT2D eigenvalue weighted by atomic mass is 19.1. The second-order valence-electron chi connectivity index (χ2n) is 3.94. The number of amides is 1. The molecule has 0 saturated carbocycles. The van der Waals surface area contributed by atoms with Crippen molar-refractivity contribution in [3.63, 3.8) is 0 Å². The fourth-order valence-electron chi connectivity index (χ4n) is 1.63. The van der Waals surface area contributed by atoms with Crippen LogP contribution < -0.4 is 10.6 Å². The first kappa shape index (κ1) is 14.0. The van der Waals surface area contributed by atoms with Crippen LogP contribution in [0.25, 0.3) is 0 Å². The van der Waals surface area contributed by atoms with Gasteiger partial charge in [0, 0.05) is 25.7 Å². The molecule has 6 heteroatoms. The Bertz CT molecular complexity index is 463. The fourth-order valence-corrected chi connectivity index (χ4v) is 1.63. The number of primary amides is 1. The van der Waals surface area contributed by atoms with E-state index < -0.39 is 17.7 Å². The van der Waals surface area contributed by atoms with E-state index in [1.165, 1.54) is 12.1 Å². The number of halogens is 1. The van der Waals surface area contributed by atoms with Gasteiger partial charge in [-0.05, 0) is 24.6 Å². The molecule has 0 bridgehead atoms. The van der Waals surface area contributed by atoms with E-state index in [1.807, 2.05) is 0 Å². The van der Waals surface area contributed by atoms with Crippen molar-refractivity contribution in [1.82, 2.24) is 0 Å². The number of benzene rings is 1. The van der Waals surface area contributed by atoms with Gasteiger partial charge in [-0.2, -0.15) is 0 Å². The van der Waals surface area contributed by atoms with Crippen LogP contribution in [0.15, 0.2) is 18.2 Å². The summed E-state index contributed by atoms with van der Waals surface area (Å²) < 4.78 is 13.0.